The molecule has 24 heavy (non-hydrogen) atoms. The van der Waals surface area contributed by atoms with Gasteiger partial charge in [0.25, 0.3) is 10.0 Å². The summed E-state index contributed by atoms with van der Waals surface area (Å²) in [5.74, 6) is 1.41. The molecule has 0 fully saturated rings. The second-order valence-corrected chi connectivity index (χ2v) is 7.06. The third kappa shape index (κ3) is 3.84. The van der Waals surface area contributed by atoms with Gasteiger partial charge >= 0.3 is 0 Å². The van der Waals surface area contributed by atoms with Crippen LogP contribution in [0.2, 0.25) is 5.02 Å². The summed E-state index contributed by atoms with van der Waals surface area (Å²) in [6, 6.07) is 10.9. The van der Waals surface area contributed by atoms with Crippen molar-refractivity contribution < 1.29 is 12.9 Å². The van der Waals surface area contributed by atoms with Crippen molar-refractivity contribution in [1.29, 1.82) is 0 Å². The Balaban J connectivity index is 1.74. The lowest BCUT2D eigenvalue weighted by Gasteiger charge is -2.08. The van der Waals surface area contributed by atoms with Crippen LogP contribution < -0.4 is 10.0 Å². The monoisotopic (exact) mass is 364 g/mol. The van der Waals surface area contributed by atoms with Gasteiger partial charge in [-0.15, -0.1) is 0 Å². The number of rotatable bonds is 5. The summed E-state index contributed by atoms with van der Waals surface area (Å²) in [6.07, 6.45) is 1.49. The highest BCUT2D eigenvalue weighted by molar-refractivity contribution is 7.92. The van der Waals surface area contributed by atoms with E-state index in [2.05, 4.69) is 20.2 Å². The molecule has 0 saturated carbocycles. The maximum absolute atomic E-state index is 12.3. The van der Waals surface area contributed by atoms with Crippen molar-refractivity contribution in [1.82, 2.24) is 10.1 Å². The number of sulfonamides is 1. The van der Waals surface area contributed by atoms with Crippen LogP contribution in [0.25, 0.3) is 0 Å². The highest BCUT2D eigenvalue weighted by atomic mass is 35.5. The Hall–Kier alpha value is -2.58. The second kappa shape index (κ2) is 6.50. The maximum atomic E-state index is 12.3. The molecule has 2 N–H and O–H groups in total. The van der Waals surface area contributed by atoms with Crippen LogP contribution >= 0.6 is 11.6 Å². The van der Waals surface area contributed by atoms with Gasteiger partial charge in [-0.2, -0.15) is 0 Å². The van der Waals surface area contributed by atoms with Gasteiger partial charge in [0.1, 0.15) is 11.6 Å². The summed E-state index contributed by atoms with van der Waals surface area (Å²) < 4.78 is 31.9. The van der Waals surface area contributed by atoms with Crippen LogP contribution in [0.4, 0.5) is 17.3 Å². The summed E-state index contributed by atoms with van der Waals surface area (Å²) in [6.45, 7) is 1.78. The summed E-state index contributed by atoms with van der Waals surface area (Å²) in [7, 11) is -3.75. The van der Waals surface area contributed by atoms with Crippen LogP contribution in [-0.4, -0.2) is 18.6 Å². The van der Waals surface area contributed by atoms with Crippen LogP contribution in [0.15, 0.2) is 58.1 Å². The van der Waals surface area contributed by atoms with E-state index < -0.39 is 10.0 Å². The average molecular weight is 365 g/mol. The number of anilines is 3. The zero-order valence-electron chi connectivity index (χ0n) is 12.5. The molecule has 124 valence electrons. The van der Waals surface area contributed by atoms with E-state index in [1.165, 1.54) is 24.4 Å². The summed E-state index contributed by atoms with van der Waals surface area (Å²) >= 11 is 5.82. The number of hydrogen-bond donors (Lipinski definition) is 2. The van der Waals surface area contributed by atoms with Gasteiger partial charge in [-0.25, -0.2) is 13.4 Å². The average Bonchev–Trinajstić information content (AvgIpc) is 2.94. The Morgan fingerprint density at radius 3 is 2.58 bits per heavy atom. The van der Waals surface area contributed by atoms with E-state index in [9.17, 15) is 8.42 Å². The number of nitrogens with zero attached hydrogens (tertiary/aromatic N) is 2. The molecule has 0 unspecified atom stereocenters. The van der Waals surface area contributed by atoms with E-state index in [-0.39, 0.29) is 10.7 Å². The van der Waals surface area contributed by atoms with Gasteiger partial charge in [0.05, 0.1) is 16.8 Å². The van der Waals surface area contributed by atoms with Crippen LogP contribution in [0.3, 0.4) is 0 Å². The fourth-order valence-corrected chi connectivity index (χ4v) is 3.24. The fourth-order valence-electron chi connectivity index (χ4n) is 1.93. The number of halogens is 1. The minimum atomic E-state index is -3.75. The molecule has 0 spiro atoms. The zero-order chi connectivity index (χ0) is 17.2. The van der Waals surface area contributed by atoms with Gasteiger partial charge in [-0.1, -0.05) is 22.8 Å². The Morgan fingerprint density at radius 2 is 1.96 bits per heavy atom. The van der Waals surface area contributed by atoms with Crippen molar-refractivity contribution >= 4 is 38.9 Å². The molecule has 0 aliphatic carbocycles. The molecule has 0 amide bonds. The number of hydrogen-bond acceptors (Lipinski definition) is 6. The van der Waals surface area contributed by atoms with Gasteiger partial charge in [0.15, 0.2) is 5.82 Å². The Labute approximate surface area is 143 Å². The largest absolute Gasteiger partial charge is 0.360 e. The van der Waals surface area contributed by atoms with Crippen molar-refractivity contribution in [3.8, 4) is 0 Å². The van der Waals surface area contributed by atoms with E-state index in [1.54, 1.807) is 31.2 Å². The van der Waals surface area contributed by atoms with Gasteiger partial charge in [-0.05, 0) is 37.3 Å². The number of nitrogens with one attached hydrogen (secondary N) is 2. The Kier molecular flexibility index (Phi) is 4.41. The van der Waals surface area contributed by atoms with Gasteiger partial charge < -0.3 is 9.84 Å². The van der Waals surface area contributed by atoms with Gasteiger partial charge in [0.2, 0.25) is 0 Å². The summed E-state index contributed by atoms with van der Waals surface area (Å²) in [5.41, 5.74) is 0.647. The number of pyridine rings is 1. The zero-order valence-corrected chi connectivity index (χ0v) is 14.1. The molecule has 9 heteroatoms. The van der Waals surface area contributed by atoms with Gasteiger partial charge in [0, 0.05) is 11.1 Å². The lowest BCUT2D eigenvalue weighted by molar-refractivity contribution is 0.400. The lowest BCUT2D eigenvalue weighted by atomic mass is 10.4. The summed E-state index contributed by atoms with van der Waals surface area (Å²) in [4.78, 5) is 4.14. The van der Waals surface area contributed by atoms with Crippen LogP contribution in [0.5, 0.6) is 0 Å². The first kappa shape index (κ1) is 16.3. The maximum Gasteiger partial charge on any atom is 0.263 e. The lowest BCUT2D eigenvalue weighted by Crippen LogP contribution is -2.13. The molecular weight excluding hydrogens is 352 g/mol. The van der Waals surface area contributed by atoms with Crippen molar-refractivity contribution in [2.75, 3.05) is 10.0 Å². The van der Waals surface area contributed by atoms with Crippen molar-refractivity contribution in [3.05, 3.63) is 59.4 Å². The Bertz CT molecular complexity index is 955. The Morgan fingerprint density at radius 1 is 1.12 bits per heavy atom. The van der Waals surface area contributed by atoms with Crippen LogP contribution in [0, 0.1) is 6.92 Å². The van der Waals surface area contributed by atoms with E-state index in [4.69, 9.17) is 16.1 Å². The summed E-state index contributed by atoms with van der Waals surface area (Å²) in [5, 5.41) is 7.14. The molecule has 2 heterocycles. The van der Waals surface area contributed by atoms with Crippen LogP contribution in [-0.2, 0) is 10.0 Å². The highest BCUT2D eigenvalue weighted by Crippen LogP contribution is 2.20. The molecule has 0 aliphatic rings. The molecule has 0 radical (unpaired) electrons. The van der Waals surface area contributed by atoms with Gasteiger partial charge in [-0.3, -0.25) is 4.72 Å². The van der Waals surface area contributed by atoms with Crippen molar-refractivity contribution in [2.24, 2.45) is 0 Å². The third-order valence-electron chi connectivity index (χ3n) is 3.01. The SMILES string of the molecule is Cc1cc(Nc2ccc(NS(=O)(=O)c3cccc(Cl)c3)nc2)no1. The molecule has 7 nitrogen and oxygen atoms in total. The minimum Gasteiger partial charge on any atom is -0.360 e. The van der Waals surface area contributed by atoms with Crippen molar-refractivity contribution in [3.63, 3.8) is 0 Å². The molecule has 1 aromatic carbocycles. The number of benzene rings is 1. The molecule has 3 aromatic rings. The molecule has 0 atom stereocenters. The number of aryl methyl sites for hydroxylation is 1. The standard InChI is InChI=1S/C15H13ClN4O3S/c1-10-7-15(19-23-10)18-12-5-6-14(17-9-12)20-24(21,22)13-4-2-3-11(16)8-13/h2-9H,1H3,(H,17,20)(H,18,19). The second-order valence-electron chi connectivity index (χ2n) is 4.94. The van der Waals surface area contributed by atoms with E-state index in [1.807, 2.05) is 0 Å². The molecule has 0 aliphatic heterocycles. The van der Waals surface area contributed by atoms with Crippen molar-refractivity contribution in [2.45, 2.75) is 11.8 Å². The molecule has 0 bridgehead atoms. The third-order valence-corrected chi connectivity index (χ3v) is 4.60. The van der Waals surface area contributed by atoms with Crippen LogP contribution in [0.1, 0.15) is 5.76 Å². The normalized spacial score (nSPS) is 11.2. The highest BCUT2D eigenvalue weighted by Gasteiger charge is 2.15. The predicted octanol–water partition coefficient (Wildman–Crippen LogP) is 3.58. The van der Waals surface area contributed by atoms with E-state index in [0.717, 1.165) is 0 Å². The van der Waals surface area contributed by atoms with E-state index >= 15 is 0 Å². The molecular formula is C15H13ClN4O3S. The smallest absolute Gasteiger partial charge is 0.263 e. The minimum absolute atomic E-state index is 0.0667. The fraction of sp³-hybridized carbons (Fsp3) is 0.0667. The first-order valence-electron chi connectivity index (χ1n) is 6.87. The predicted molar refractivity (Wildman–Crippen MR) is 91.0 cm³/mol. The number of aromatic nitrogens is 2. The quantitative estimate of drug-likeness (QED) is 0.718. The molecule has 2 aromatic heterocycles. The topological polar surface area (TPSA) is 97.1 Å². The first-order chi connectivity index (χ1) is 11.4. The molecule has 0 saturated heterocycles. The van der Waals surface area contributed by atoms with E-state index in [0.29, 0.717) is 22.3 Å². The molecule has 3 rings (SSSR count). The first-order valence-corrected chi connectivity index (χ1v) is 8.73.